The Balaban J connectivity index is 3.01. The van der Waals surface area contributed by atoms with E-state index in [-0.39, 0.29) is 0 Å². The van der Waals surface area contributed by atoms with Crippen LogP contribution in [-0.2, 0) is 0 Å². The van der Waals surface area contributed by atoms with Crippen LogP contribution in [0.5, 0.6) is 0 Å². The Morgan fingerprint density at radius 3 is 0.824 bits per heavy atom. The minimum absolute atomic E-state index is 1.23. The molecule has 0 N–H and O–H groups in total. The lowest BCUT2D eigenvalue weighted by atomic mass is 10.0. The van der Waals surface area contributed by atoms with E-state index in [1.807, 2.05) is 6.08 Å². The highest BCUT2D eigenvalue weighted by Gasteiger charge is 1.96. The molecule has 202 valence electrons. The third kappa shape index (κ3) is 31.5. The van der Waals surface area contributed by atoms with Crippen LogP contribution in [0.2, 0.25) is 0 Å². The van der Waals surface area contributed by atoms with Crippen molar-refractivity contribution in [1.29, 1.82) is 0 Å². The number of rotatable bonds is 30. The molecular weight excluding hydrogens is 408 g/mol. The Kier molecular flexibility index (Phi) is 32.0. The fraction of sp³-hybridized carbons (Fsp3) is 0.882. The fourth-order valence-electron chi connectivity index (χ4n) is 5.12. The van der Waals surface area contributed by atoms with E-state index in [0.717, 1.165) is 0 Å². The minimum Gasteiger partial charge on any atom is -0.0991 e. The maximum Gasteiger partial charge on any atom is -0.0348 e. The summed E-state index contributed by atoms with van der Waals surface area (Å²) in [5, 5.41) is 0. The summed E-state index contributed by atoms with van der Waals surface area (Å²) in [6, 6.07) is 0. The third-order valence-electron chi connectivity index (χ3n) is 7.50. The molecule has 0 aromatic rings. The largest absolute Gasteiger partial charge is 0.0991 e. The van der Waals surface area contributed by atoms with Gasteiger partial charge in [-0.25, -0.2) is 0 Å². The number of allylic oxidation sites excluding steroid dienone is 3. The Labute approximate surface area is 217 Å². The lowest BCUT2D eigenvalue weighted by Crippen LogP contribution is -1.85. The van der Waals surface area contributed by atoms with Crippen LogP contribution >= 0.6 is 0 Å². The van der Waals surface area contributed by atoms with Crippen molar-refractivity contribution < 1.29 is 0 Å². The van der Waals surface area contributed by atoms with E-state index in [0.29, 0.717) is 0 Å². The second-order valence-electron chi connectivity index (χ2n) is 11.0. The third-order valence-corrected chi connectivity index (χ3v) is 7.50. The molecule has 0 fully saturated rings. The minimum atomic E-state index is 1.23. The van der Waals surface area contributed by atoms with Crippen molar-refractivity contribution in [2.75, 3.05) is 0 Å². The summed E-state index contributed by atoms with van der Waals surface area (Å²) in [6.45, 7) is 6.02. The van der Waals surface area contributed by atoms with Gasteiger partial charge in [0.1, 0.15) is 0 Å². The molecular formula is C34H66. The first kappa shape index (κ1) is 33.5. The van der Waals surface area contributed by atoms with Gasteiger partial charge >= 0.3 is 0 Å². The van der Waals surface area contributed by atoms with Crippen molar-refractivity contribution in [3.8, 4) is 0 Å². The van der Waals surface area contributed by atoms with Gasteiger partial charge in [0, 0.05) is 0 Å². The molecule has 0 nitrogen and oxygen atoms in total. The van der Waals surface area contributed by atoms with Gasteiger partial charge in [-0.1, -0.05) is 205 Å². The Morgan fingerprint density at radius 1 is 0.353 bits per heavy atom. The standard InChI is InChI=1S/C34H66/c1-3-5-7-9-11-13-15-17-19-21-23-25-27-29-31-33-34-32-30-28-26-24-22-20-18-16-14-12-10-8-6-4-2/h3,5,7H,1,4,6,8-34H2,2H3. The number of hydrogen-bond donors (Lipinski definition) is 0. The van der Waals surface area contributed by atoms with Crippen LogP contribution in [0.3, 0.4) is 0 Å². The van der Waals surface area contributed by atoms with Gasteiger partial charge in [-0.15, -0.1) is 0 Å². The molecule has 0 amide bonds. The summed E-state index contributed by atoms with van der Waals surface area (Å²) in [5.41, 5.74) is 0. The zero-order valence-electron chi connectivity index (χ0n) is 23.9. The summed E-state index contributed by atoms with van der Waals surface area (Å²) in [7, 11) is 0. The maximum absolute atomic E-state index is 3.71. The van der Waals surface area contributed by atoms with E-state index in [1.165, 1.54) is 186 Å². The Morgan fingerprint density at radius 2 is 0.588 bits per heavy atom. The highest BCUT2D eigenvalue weighted by molar-refractivity contribution is 4.96. The molecule has 0 saturated carbocycles. The van der Waals surface area contributed by atoms with Crippen LogP contribution in [-0.4, -0.2) is 0 Å². The predicted octanol–water partition coefficient (Wildman–Crippen LogP) is 13.1. The summed E-state index contributed by atoms with van der Waals surface area (Å²) in [6.07, 6.45) is 48.5. The van der Waals surface area contributed by atoms with Crippen LogP contribution < -0.4 is 0 Å². The van der Waals surface area contributed by atoms with Gasteiger partial charge in [0.25, 0.3) is 0 Å². The van der Waals surface area contributed by atoms with Crippen LogP contribution in [0.25, 0.3) is 0 Å². The lowest BCUT2D eigenvalue weighted by Gasteiger charge is -2.04. The first-order valence-corrected chi connectivity index (χ1v) is 16.2. The average molecular weight is 475 g/mol. The van der Waals surface area contributed by atoms with Gasteiger partial charge in [0.15, 0.2) is 0 Å². The van der Waals surface area contributed by atoms with E-state index >= 15 is 0 Å². The van der Waals surface area contributed by atoms with Gasteiger partial charge in [0.2, 0.25) is 0 Å². The molecule has 0 spiro atoms. The summed E-state index contributed by atoms with van der Waals surface area (Å²) in [4.78, 5) is 0. The van der Waals surface area contributed by atoms with Crippen molar-refractivity contribution in [2.45, 2.75) is 193 Å². The topological polar surface area (TPSA) is 0 Å². The van der Waals surface area contributed by atoms with Gasteiger partial charge in [-0.05, 0) is 12.8 Å². The Bertz CT molecular complexity index is 379. The van der Waals surface area contributed by atoms with E-state index in [4.69, 9.17) is 0 Å². The molecule has 0 rings (SSSR count). The second-order valence-corrected chi connectivity index (χ2v) is 11.0. The quantitative estimate of drug-likeness (QED) is 0.0717. The average Bonchev–Trinajstić information content (AvgIpc) is 2.85. The van der Waals surface area contributed by atoms with Crippen molar-refractivity contribution in [2.24, 2.45) is 0 Å². The molecule has 0 heteroatoms. The molecule has 0 bridgehead atoms. The normalized spacial score (nSPS) is 11.6. The molecule has 0 aliphatic carbocycles. The predicted molar refractivity (Wildman–Crippen MR) is 159 cm³/mol. The zero-order chi connectivity index (χ0) is 24.6. The SMILES string of the molecule is C=CC=CCCCCCCCCCCCCCCCCCCCCCCCCCCCCCC. The van der Waals surface area contributed by atoms with Crippen molar-refractivity contribution in [1.82, 2.24) is 0 Å². The molecule has 0 aromatic carbocycles. The van der Waals surface area contributed by atoms with Crippen LogP contribution in [0, 0.1) is 0 Å². The van der Waals surface area contributed by atoms with E-state index in [9.17, 15) is 0 Å². The van der Waals surface area contributed by atoms with Crippen molar-refractivity contribution in [3.63, 3.8) is 0 Å². The first-order valence-electron chi connectivity index (χ1n) is 16.2. The van der Waals surface area contributed by atoms with Gasteiger partial charge < -0.3 is 0 Å². The molecule has 0 aliphatic rings. The fourth-order valence-corrected chi connectivity index (χ4v) is 5.12. The van der Waals surface area contributed by atoms with Crippen LogP contribution in [0.4, 0.5) is 0 Å². The van der Waals surface area contributed by atoms with Crippen molar-refractivity contribution in [3.05, 3.63) is 24.8 Å². The number of unbranched alkanes of at least 4 members (excludes halogenated alkanes) is 28. The van der Waals surface area contributed by atoms with Gasteiger partial charge in [0.05, 0.1) is 0 Å². The maximum atomic E-state index is 3.71. The highest BCUT2D eigenvalue weighted by atomic mass is 14.0. The van der Waals surface area contributed by atoms with Gasteiger partial charge in [-0.3, -0.25) is 0 Å². The zero-order valence-corrected chi connectivity index (χ0v) is 23.9. The number of hydrogen-bond acceptors (Lipinski definition) is 0. The molecule has 0 heterocycles. The summed E-state index contributed by atoms with van der Waals surface area (Å²) in [5.74, 6) is 0. The molecule has 0 atom stereocenters. The molecule has 34 heavy (non-hydrogen) atoms. The Hall–Kier alpha value is -0.520. The monoisotopic (exact) mass is 475 g/mol. The van der Waals surface area contributed by atoms with E-state index < -0.39 is 0 Å². The molecule has 0 saturated heterocycles. The van der Waals surface area contributed by atoms with E-state index in [1.54, 1.807) is 0 Å². The summed E-state index contributed by atoms with van der Waals surface area (Å²) >= 11 is 0. The van der Waals surface area contributed by atoms with Crippen LogP contribution in [0.15, 0.2) is 24.8 Å². The van der Waals surface area contributed by atoms with Gasteiger partial charge in [-0.2, -0.15) is 0 Å². The molecule has 0 aromatic heterocycles. The molecule has 0 aliphatic heterocycles. The van der Waals surface area contributed by atoms with Crippen LogP contribution in [0.1, 0.15) is 193 Å². The van der Waals surface area contributed by atoms with E-state index in [2.05, 4.69) is 25.7 Å². The molecule has 0 unspecified atom stereocenters. The summed E-state index contributed by atoms with van der Waals surface area (Å²) < 4.78 is 0. The second kappa shape index (κ2) is 32.5. The first-order chi connectivity index (χ1) is 16.9. The van der Waals surface area contributed by atoms with Crippen molar-refractivity contribution >= 4 is 0 Å². The smallest absolute Gasteiger partial charge is 0.0348 e. The molecule has 0 radical (unpaired) electrons. The lowest BCUT2D eigenvalue weighted by molar-refractivity contribution is 0.514. The highest BCUT2D eigenvalue weighted by Crippen LogP contribution is 2.16.